The van der Waals surface area contributed by atoms with Crippen molar-refractivity contribution in [2.75, 3.05) is 12.3 Å². The number of benzene rings is 2. The molecule has 0 amide bonds. The van der Waals surface area contributed by atoms with Gasteiger partial charge in [0.05, 0.1) is 10.2 Å². The zero-order valence-corrected chi connectivity index (χ0v) is 11.5. The van der Waals surface area contributed by atoms with E-state index in [-0.39, 0.29) is 0 Å². The first-order valence-electron chi connectivity index (χ1n) is 5.60. The van der Waals surface area contributed by atoms with Crippen LogP contribution in [0.3, 0.4) is 0 Å². The Labute approximate surface area is 115 Å². The largest absolute Gasteiger partial charge is 0.486 e. The SMILES string of the molecule is C=CCOc1c(N)cc(-c2ccccc2)cc1Br. The average Bonchev–Trinajstić information content (AvgIpc) is 2.39. The molecule has 2 aromatic rings. The van der Waals surface area contributed by atoms with Gasteiger partial charge in [0.15, 0.2) is 5.75 Å². The first-order chi connectivity index (χ1) is 8.72. The highest BCUT2D eigenvalue weighted by Crippen LogP contribution is 2.36. The molecule has 0 bridgehead atoms. The van der Waals surface area contributed by atoms with Crippen molar-refractivity contribution in [3.63, 3.8) is 0 Å². The number of anilines is 1. The maximum Gasteiger partial charge on any atom is 0.156 e. The topological polar surface area (TPSA) is 35.2 Å². The fourth-order valence-corrected chi connectivity index (χ4v) is 2.30. The number of nitrogen functional groups attached to an aromatic ring is 1. The molecule has 0 heterocycles. The number of nitrogens with two attached hydrogens (primary N) is 1. The molecular formula is C15H14BrNO. The Balaban J connectivity index is 2.39. The van der Waals surface area contributed by atoms with Gasteiger partial charge in [-0.2, -0.15) is 0 Å². The van der Waals surface area contributed by atoms with E-state index in [1.54, 1.807) is 6.08 Å². The molecule has 0 saturated carbocycles. The van der Waals surface area contributed by atoms with Crippen molar-refractivity contribution in [2.24, 2.45) is 0 Å². The zero-order valence-electron chi connectivity index (χ0n) is 9.90. The van der Waals surface area contributed by atoms with Crippen LogP contribution in [0.1, 0.15) is 0 Å². The van der Waals surface area contributed by atoms with Gasteiger partial charge in [0.2, 0.25) is 0 Å². The van der Waals surface area contributed by atoms with Crippen LogP contribution in [-0.4, -0.2) is 6.61 Å². The van der Waals surface area contributed by atoms with Gasteiger partial charge >= 0.3 is 0 Å². The van der Waals surface area contributed by atoms with Gasteiger partial charge in [-0.3, -0.25) is 0 Å². The summed E-state index contributed by atoms with van der Waals surface area (Å²) in [4.78, 5) is 0. The number of halogens is 1. The van der Waals surface area contributed by atoms with Gasteiger partial charge in [-0.25, -0.2) is 0 Å². The highest BCUT2D eigenvalue weighted by molar-refractivity contribution is 9.10. The van der Waals surface area contributed by atoms with E-state index in [9.17, 15) is 0 Å². The minimum atomic E-state index is 0.438. The third kappa shape index (κ3) is 2.74. The number of hydrogen-bond donors (Lipinski definition) is 1. The van der Waals surface area contributed by atoms with Crippen LogP contribution in [0.15, 0.2) is 59.6 Å². The first kappa shape index (κ1) is 12.7. The van der Waals surface area contributed by atoms with Crippen molar-refractivity contribution in [1.82, 2.24) is 0 Å². The molecule has 0 aromatic heterocycles. The second kappa shape index (κ2) is 5.74. The summed E-state index contributed by atoms with van der Waals surface area (Å²) in [6.07, 6.45) is 1.69. The van der Waals surface area contributed by atoms with E-state index < -0.39 is 0 Å². The lowest BCUT2D eigenvalue weighted by atomic mass is 10.1. The van der Waals surface area contributed by atoms with Gasteiger partial charge in [-0.15, -0.1) is 0 Å². The molecule has 0 fully saturated rings. The van der Waals surface area contributed by atoms with Crippen molar-refractivity contribution < 1.29 is 4.74 Å². The molecule has 3 heteroatoms. The van der Waals surface area contributed by atoms with Gasteiger partial charge in [0, 0.05) is 0 Å². The van der Waals surface area contributed by atoms with Crippen molar-refractivity contribution in [2.45, 2.75) is 0 Å². The second-order valence-electron chi connectivity index (χ2n) is 3.84. The Hall–Kier alpha value is -1.74. The summed E-state index contributed by atoms with van der Waals surface area (Å²) in [5, 5.41) is 0. The fraction of sp³-hybridized carbons (Fsp3) is 0.0667. The fourth-order valence-electron chi connectivity index (χ4n) is 1.71. The van der Waals surface area contributed by atoms with Crippen LogP contribution in [0, 0.1) is 0 Å². The van der Waals surface area contributed by atoms with Gasteiger partial charge in [0.25, 0.3) is 0 Å². The molecule has 2 N–H and O–H groups in total. The lowest BCUT2D eigenvalue weighted by Gasteiger charge is -2.11. The maximum absolute atomic E-state index is 6.01. The van der Waals surface area contributed by atoms with Gasteiger partial charge in [-0.05, 0) is 39.2 Å². The van der Waals surface area contributed by atoms with E-state index in [4.69, 9.17) is 10.5 Å². The van der Waals surface area contributed by atoms with E-state index >= 15 is 0 Å². The Kier molecular flexibility index (Phi) is 4.05. The highest BCUT2D eigenvalue weighted by atomic mass is 79.9. The summed E-state index contributed by atoms with van der Waals surface area (Å²) >= 11 is 3.49. The third-order valence-electron chi connectivity index (χ3n) is 2.52. The molecule has 0 atom stereocenters. The second-order valence-corrected chi connectivity index (χ2v) is 4.70. The summed E-state index contributed by atoms with van der Waals surface area (Å²) in [6, 6.07) is 14.0. The first-order valence-corrected chi connectivity index (χ1v) is 6.40. The van der Waals surface area contributed by atoms with Crippen LogP contribution in [0.4, 0.5) is 5.69 Å². The Morgan fingerprint density at radius 2 is 1.89 bits per heavy atom. The Morgan fingerprint density at radius 3 is 2.50 bits per heavy atom. The van der Waals surface area contributed by atoms with E-state index in [1.807, 2.05) is 42.5 Å². The quantitative estimate of drug-likeness (QED) is 0.676. The number of hydrogen-bond acceptors (Lipinski definition) is 2. The molecular weight excluding hydrogens is 290 g/mol. The molecule has 0 radical (unpaired) electrons. The molecule has 0 aliphatic carbocycles. The van der Waals surface area contributed by atoms with Crippen molar-refractivity contribution in [3.05, 3.63) is 59.6 Å². The van der Waals surface area contributed by atoms with Crippen molar-refractivity contribution in [1.29, 1.82) is 0 Å². The molecule has 0 aliphatic heterocycles. The monoisotopic (exact) mass is 303 g/mol. The van der Waals surface area contributed by atoms with Crippen LogP contribution in [0.2, 0.25) is 0 Å². The summed E-state index contributed by atoms with van der Waals surface area (Å²) < 4.78 is 6.37. The summed E-state index contributed by atoms with van der Waals surface area (Å²) in [7, 11) is 0. The standard InChI is InChI=1S/C15H14BrNO/c1-2-8-18-15-13(16)9-12(10-14(15)17)11-6-4-3-5-7-11/h2-7,9-10H,1,8,17H2. The molecule has 2 rings (SSSR count). The predicted octanol–water partition coefficient (Wildman–Crippen LogP) is 4.26. The Bertz CT molecular complexity index is 529. The van der Waals surface area contributed by atoms with E-state index in [0.29, 0.717) is 18.0 Å². The molecule has 92 valence electrons. The lowest BCUT2D eigenvalue weighted by molar-refractivity contribution is 0.363. The smallest absolute Gasteiger partial charge is 0.156 e. The minimum absolute atomic E-state index is 0.438. The van der Waals surface area contributed by atoms with Gasteiger partial charge in [-0.1, -0.05) is 43.0 Å². The van der Waals surface area contributed by atoms with E-state index in [0.717, 1.165) is 15.6 Å². The summed E-state index contributed by atoms with van der Waals surface area (Å²) in [5.74, 6) is 0.662. The number of ether oxygens (including phenoxy) is 1. The zero-order chi connectivity index (χ0) is 13.0. The van der Waals surface area contributed by atoms with Gasteiger partial charge < -0.3 is 10.5 Å². The molecule has 0 aliphatic rings. The van der Waals surface area contributed by atoms with Crippen molar-refractivity contribution >= 4 is 21.6 Å². The maximum atomic E-state index is 6.01. The van der Waals surface area contributed by atoms with Crippen LogP contribution in [0.5, 0.6) is 5.75 Å². The Morgan fingerprint density at radius 1 is 1.17 bits per heavy atom. The lowest BCUT2D eigenvalue weighted by Crippen LogP contribution is -1.99. The third-order valence-corrected chi connectivity index (χ3v) is 3.11. The molecule has 0 spiro atoms. The number of rotatable bonds is 4. The molecule has 0 unspecified atom stereocenters. The van der Waals surface area contributed by atoms with E-state index in [1.165, 1.54) is 0 Å². The highest BCUT2D eigenvalue weighted by Gasteiger charge is 2.09. The van der Waals surface area contributed by atoms with Gasteiger partial charge in [0.1, 0.15) is 6.61 Å². The molecule has 0 saturated heterocycles. The average molecular weight is 304 g/mol. The summed E-state index contributed by atoms with van der Waals surface area (Å²) in [6.45, 7) is 4.06. The van der Waals surface area contributed by atoms with Crippen LogP contribution in [-0.2, 0) is 0 Å². The van der Waals surface area contributed by atoms with Crippen LogP contribution in [0.25, 0.3) is 11.1 Å². The molecule has 2 nitrogen and oxygen atoms in total. The van der Waals surface area contributed by atoms with Crippen LogP contribution >= 0.6 is 15.9 Å². The summed E-state index contributed by atoms with van der Waals surface area (Å²) in [5.41, 5.74) is 8.81. The molecule has 2 aromatic carbocycles. The predicted molar refractivity (Wildman–Crippen MR) is 79.7 cm³/mol. The van der Waals surface area contributed by atoms with Crippen molar-refractivity contribution in [3.8, 4) is 16.9 Å². The van der Waals surface area contributed by atoms with Crippen LogP contribution < -0.4 is 10.5 Å². The normalized spacial score (nSPS) is 10.1. The minimum Gasteiger partial charge on any atom is -0.486 e. The molecule has 18 heavy (non-hydrogen) atoms. The van der Waals surface area contributed by atoms with E-state index in [2.05, 4.69) is 22.5 Å².